The van der Waals surface area contributed by atoms with Crippen molar-refractivity contribution < 1.29 is 4.79 Å². The fraction of sp³-hybridized carbons (Fsp3) is 0.188. The molecule has 0 bridgehead atoms. The minimum Gasteiger partial charge on any atom is -0.384 e. The van der Waals surface area contributed by atoms with Crippen molar-refractivity contribution in [2.24, 2.45) is 11.5 Å². The molecule has 8 nitrogen and oxygen atoms in total. The van der Waals surface area contributed by atoms with E-state index in [0.717, 1.165) is 41.8 Å². The van der Waals surface area contributed by atoms with Crippen molar-refractivity contribution in [3.05, 3.63) is 124 Å². The molecule has 2 aromatic heterocycles. The number of carbonyl (C=O) groups is 1. The van der Waals surface area contributed by atoms with Gasteiger partial charge in [-0.1, -0.05) is 48.0 Å². The van der Waals surface area contributed by atoms with E-state index < -0.39 is 0 Å². The third-order valence-electron chi connectivity index (χ3n) is 7.07. The number of rotatable bonds is 11. The number of amidine groups is 1. The van der Waals surface area contributed by atoms with Crippen LogP contribution in [0.1, 0.15) is 32.9 Å². The summed E-state index contributed by atoms with van der Waals surface area (Å²) in [5, 5.41) is 8.34. The number of aryl methyl sites for hydroxylation is 4. The minimum absolute atomic E-state index is 0.0550. The second kappa shape index (κ2) is 12.8. The lowest BCUT2D eigenvalue weighted by Gasteiger charge is -2.21. The Kier molecular flexibility index (Phi) is 8.72. The van der Waals surface area contributed by atoms with E-state index in [9.17, 15) is 4.79 Å². The molecule has 3 aromatic carbocycles. The summed E-state index contributed by atoms with van der Waals surface area (Å²) in [5.41, 5.74) is 17.5. The number of halogens is 1. The minimum atomic E-state index is -0.145. The smallest absolute Gasteiger partial charge is 0.258 e. The summed E-state index contributed by atoms with van der Waals surface area (Å²) in [7, 11) is 0. The van der Waals surface area contributed by atoms with Crippen molar-refractivity contribution in [2.45, 2.75) is 25.8 Å². The highest BCUT2D eigenvalue weighted by molar-refractivity contribution is 6.30. The van der Waals surface area contributed by atoms with Crippen LogP contribution in [0.4, 0.5) is 5.69 Å². The normalized spacial score (nSPS) is 11.1. The van der Waals surface area contributed by atoms with Gasteiger partial charge in [0.25, 0.3) is 5.91 Å². The van der Waals surface area contributed by atoms with Crippen LogP contribution in [0.15, 0.2) is 91.3 Å². The summed E-state index contributed by atoms with van der Waals surface area (Å²) in [6.45, 7) is 1.45. The monoisotopic (exact) mass is 565 g/mol. The van der Waals surface area contributed by atoms with E-state index in [1.165, 1.54) is 5.56 Å². The molecule has 0 radical (unpaired) electrons. The second-order valence-electron chi connectivity index (χ2n) is 9.83. The fourth-order valence-electron chi connectivity index (χ4n) is 4.90. The molecule has 0 atom stereocenters. The van der Waals surface area contributed by atoms with E-state index in [1.54, 1.807) is 23.4 Å². The number of amides is 1. The Balaban J connectivity index is 1.45. The first-order valence-electron chi connectivity index (χ1n) is 13.5. The van der Waals surface area contributed by atoms with Crippen molar-refractivity contribution >= 4 is 40.1 Å². The molecule has 0 spiro atoms. The van der Waals surface area contributed by atoms with Crippen LogP contribution >= 0.6 is 11.6 Å². The average Bonchev–Trinajstić information content (AvgIpc) is 3.35. The van der Waals surface area contributed by atoms with Crippen LogP contribution < -0.4 is 16.4 Å². The Morgan fingerprint density at radius 3 is 2.32 bits per heavy atom. The summed E-state index contributed by atoms with van der Waals surface area (Å²) in [5.74, 6) is 0.855. The van der Waals surface area contributed by atoms with Gasteiger partial charge in [0.15, 0.2) is 0 Å². The van der Waals surface area contributed by atoms with Gasteiger partial charge in [0.05, 0.1) is 22.9 Å². The number of nitrogens with one attached hydrogen (secondary N) is 1. The molecule has 0 saturated carbocycles. The molecule has 0 aliphatic rings. The van der Waals surface area contributed by atoms with Gasteiger partial charge in [-0.05, 0) is 66.4 Å². The van der Waals surface area contributed by atoms with Crippen molar-refractivity contribution in [1.82, 2.24) is 14.5 Å². The molecule has 0 unspecified atom stereocenters. The van der Waals surface area contributed by atoms with E-state index in [1.807, 2.05) is 72.8 Å². The Labute approximate surface area is 244 Å². The number of hydrogen-bond donors (Lipinski definition) is 3. The summed E-state index contributed by atoms with van der Waals surface area (Å²) in [4.78, 5) is 24.4. The third-order valence-corrected chi connectivity index (χ3v) is 7.32. The topological polar surface area (TPSA) is 127 Å². The number of nitrogens with zero attached hydrogens (tertiary/aromatic N) is 4. The SMILES string of the molecule is N=C(N)c1ccc(CCc2nc3cc(C(=O)N(CCN)c4cccnc4)ccc3n2CCc2ccc(Cl)cc2)cc1. The van der Waals surface area contributed by atoms with Gasteiger partial charge >= 0.3 is 0 Å². The van der Waals surface area contributed by atoms with Crippen molar-refractivity contribution in [1.29, 1.82) is 5.41 Å². The first-order chi connectivity index (χ1) is 19.9. The van der Waals surface area contributed by atoms with E-state index in [2.05, 4.69) is 9.55 Å². The van der Waals surface area contributed by atoms with Gasteiger partial charge in [0.2, 0.25) is 0 Å². The average molecular weight is 566 g/mol. The number of imidazole rings is 1. The molecule has 0 saturated heterocycles. The molecule has 0 aliphatic heterocycles. The number of nitrogen functional groups attached to an aromatic ring is 1. The van der Waals surface area contributed by atoms with Gasteiger partial charge < -0.3 is 20.9 Å². The molecule has 0 aliphatic carbocycles. The standard InChI is InChI=1S/C32H32ClN7O/c33-26-11-5-23(6-12-26)15-18-40-29-13-10-25(32(41)39(19-16-34)27-2-1-17-37-21-27)20-28(29)38-30(40)14-7-22-3-8-24(9-4-22)31(35)36/h1-6,8-13,17,20-21H,7,14-16,18-19,34H2,(H3,35,36). The zero-order valence-electron chi connectivity index (χ0n) is 22.6. The quantitative estimate of drug-likeness (QED) is 0.153. The van der Waals surface area contributed by atoms with E-state index in [4.69, 9.17) is 33.5 Å². The molecule has 0 fully saturated rings. The first-order valence-corrected chi connectivity index (χ1v) is 13.9. The summed E-state index contributed by atoms with van der Waals surface area (Å²) in [6.07, 6.45) is 5.65. The Morgan fingerprint density at radius 1 is 0.927 bits per heavy atom. The maximum atomic E-state index is 13.6. The van der Waals surface area contributed by atoms with Crippen molar-refractivity contribution in [2.75, 3.05) is 18.0 Å². The number of aromatic nitrogens is 3. The highest BCUT2D eigenvalue weighted by Crippen LogP contribution is 2.23. The molecular weight excluding hydrogens is 534 g/mol. The van der Waals surface area contributed by atoms with Crippen LogP contribution in [0.2, 0.25) is 5.02 Å². The fourth-order valence-corrected chi connectivity index (χ4v) is 5.02. The van der Waals surface area contributed by atoms with Crippen LogP contribution in [-0.2, 0) is 25.8 Å². The zero-order valence-corrected chi connectivity index (χ0v) is 23.4. The van der Waals surface area contributed by atoms with Gasteiger partial charge in [-0.3, -0.25) is 15.2 Å². The molecule has 2 heterocycles. The second-order valence-corrected chi connectivity index (χ2v) is 10.3. The van der Waals surface area contributed by atoms with Crippen molar-refractivity contribution in [3.8, 4) is 0 Å². The highest BCUT2D eigenvalue weighted by atomic mass is 35.5. The lowest BCUT2D eigenvalue weighted by molar-refractivity contribution is 0.0987. The number of pyridine rings is 1. The molecule has 1 amide bonds. The van der Waals surface area contributed by atoms with Crippen molar-refractivity contribution in [3.63, 3.8) is 0 Å². The lowest BCUT2D eigenvalue weighted by atomic mass is 10.1. The van der Waals surface area contributed by atoms with Gasteiger partial charge in [-0.2, -0.15) is 0 Å². The predicted octanol–water partition coefficient (Wildman–Crippen LogP) is 5.00. The predicted molar refractivity (Wildman–Crippen MR) is 165 cm³/mol. The lowest BCUT2D eigenvalue weighted by Crippen LogP contribution is -2.35. The molecule has 5 aromatic rings. The molecule has 208 valence electrons. The van der Waals surface area contributed by atoms with E-state index in [-0.39, 0.29) is 11.7 Å². The van der Waals surface area contributed by atoms with Gasteiger partial charge in [-0.25, -0.2) is 4.98 Å². The molecule has 5 rings (SSSR count). The van der Waals surface area contributed by atoms with Gasteiger partial charge in [0, 0.05) is 48.4 Å². The van der Waals surface area contributed by atoms with Crippen LogP contribution in [0, 0.1) is 5.41 Å². The Morgan fingerprint density at radius 2 is 1.63 bits per heavy atom. The molecule has 41 heavy (non-hydrogen) atoms. The Hall–Kier alpha value is -4.53. The van der Waals surface area contributed by atoms with Crippen LogP contribution in [0.3, 0.4) is 0 Å². The summed E-state index contributed by atoms with van der Waals surface area (Å²) in [6, 6.07) is 25.0. The van der Waals surface area contributed by atoms with Crippen LogP contribution in [0.5, 0.6) is 0 Å². The maximum absolute atomic E-state index is 13.6. The van der Waals surface area contributed by atoms with Crippen LogP contribution in [0.25, 0.3) is 11.0 Å². The first kappa shape index (κ1) is 28.0. The molecule has 9 heteroatoms. The summed E-state index contributed by atoms with van der Waals surface area (Å²) < 4.78 is 2.24. The number of benzene rings is 3. The summed E-state index contributed by atoms with van der Waals surface area (Å²) >= 11 is 6.09. The van der Waals surface area contributed by atoms with Gasteiger partial charge in [-0.15, -0.1) is 0 Å². The van der Waals surface area contributed by atoms with E-state index >= 15 is 0 Å². The number of hydrogen-bond acceptors (Lipinski definition) is 5. The number of nitrogens with two attached hydrogens (primary N) is 2. The van der Waals surface area contributed by atoms with E-state index in [0.29, 0.717) is 41.3 Å². The molecular formula is C32H32ClN7O. The molecule has 5 N–H and O–H groups in total. The number of carbonyl (C=O) groups excluding carboxylic acids is 1. The Bertz CT molecular complexity index is 1650. The maximum Gasteiger partial charge on any atom is 0.258 e. The number of fused-ring (bicyclic) bond motifs is 1. The number of anilines is 1. The zero-order chi connectivity index (χ0) is 28.8. The highest BCUT2D eigenvalue weighted by Gasteiger charge is 2.20. The van der Waals surface area contributed by atoms with Crippen LogP contribution in [-0.4, -0.2) is 39.4 Å². The largest absolute Gasteiger partial charge is 0.384 e. The third kappa shape index (κ3) is 6.62. The van der Waals surface area contributed by atoms with Gasteiger partial charge in [0.1, 0.15) is 11.7 Å².